The van der Waals surface area contributed by atoms with Crippen molar-refractivity contribution in [1.82, 2.24) is 15.2 Å². The Morgan fingerprint density at radius 1 is 1.21 bits per heavy atom. The monoisotopic (exact) mass is 485 g/mol. The molecule has 0 saturated carbocycles. The number of methoxy groups -OCH3 is 1. The lowest BCUT2D eigenvalue weighted by molar-refractivity contribution is -0.126. The Morgan fingerprint density at radius 3 is 2.79 bits per heavy atom. The van der Waals surface area contributed by atoms with E-state index in [1.807, 2.05) is 25.1 Å². The third-order valence-electron chi connectivity index (χ3n) is 5.86. The smallest absolute Gasteiger partial charge is 0.223 e. The number of rotatable bonds is 10. The molecule has 0 spiro atoms. The molecule has 6 nitrogen and oxygen atoms in total. The molecule has 4 rings (SSSR count). The molecule has 2 aromatic heterocycles. The standard InChI is InChI=1S/C25H31N3O3S2/c1-3-31-22-7-6-19(15-23(22)30-2)25-27-20(17-33-25)16-28-12-9-18(10-13-28)24(29)26-11-8-21-5-4-14-32-21/h4-7,14-15,17-18H,3,8-13,16H2,1-2H3,(H,26,29). The van der Waals surface area contributed by atoms with Crippen molar-refractivity contribution in [2.24, 2.45) is 5.92 Å². The van der Waals surface area contributed by atoms with E-state index in [2.05, 4.69) is 33.1 Å². The number of thiophene rings is 1. The van der Waals surface area contributed by atoms with Gasteiger partial charge >= 0.3 is 0 Å². The molecule has 0 aliphatic carbocycles. The predicted molar refractivity (Wildman–Crippen MR) is 134 cm³/mol. The molecule has 1 aliphatic rings. The van der Waals surface area contributed by atoms with Crippen LogP contribution in [0.5, 0.6) is 11.5 Å². The number of benzene rings is 1. The SMILES string of the molecule is CCOc1ccc(-c2nc(CN3CCC(C(=O)NCCc4cccs4)CC3)cs2)cc1OC. The summed E-state index contributed by atoms with van der Waals surface area (Å²) in [6.45, 7) is 5.95. The molecule has 1 N–H and O–H groups in total. The first-order valence-corrected chi connectivity index (χ1v) is 13.2. The van der Waals surface area contributed by atoms with Crippen LogP contribution in [0, 0.1) is 5.92 Å². The van der Waals surface area contributed by atoms with Gasteiger partial charge in [0, 0.05) is 34.8 Å². The van der Waals surface area contributed by atoms with Crippen molar-refractivity contribution in [3.63, 3.8) is 0 Å². The molecule has 1 fully saturated rings. The Balaban J connectivity index is 1.25. The van der Waals surface area contributed by atoms with Crippen molar-refractivity contribution in [3.8, 4) is 22.1 Å². The van der Waals surface area contributed by atoms with E-state index in [4.69, 9.17) is 14.5 Å². The lowest BCUT2D eigenvalue weighted by atomic mass is 9.96. The fourth-order valence-electron chi connectivity index (χ4n) is 4.08. The Kier molecular flexibility index (Phi) is 8.36. The molecule has 1 aromatic carbocycles. The van der Waals surface area contributed by atoms with E-state index in [9.17, 15) is 4.79 Å². The zero-order valence-electron chi connectivity index (χ0n) is 19.2. The molecular formula is C25H31N3O3S2. The van der Waals surface area contributed by atoms with Gasteiger partial charge in [-0.3, -0.25) is 9.69 Å². The Bertz CT molecular complexity index is 1030. The number of piperidine rings is 1. The summed E-state index contributed by atoms with van der Waals surface area (Å²) in [6.07, 6.45) is 2.71. The Hall–Kier alpha value is -2.42. The van der Waals surface area contributed by atoms with Crippen molar-refractivity contribution in [2.75, 3.05) is 33.4 Å². The van der Waals surface area contributed by atoms with E-state index >= 15 is 0 Å². The molecule has 1 aliphatic heterocycles. The number of amides is 1. The highest BCUT2D eigenvalue weighted by atomic mass is 32.1. The summed E-state index contributed by atoms with van der Waals surface area (Å²) in [4.78, 5) is 21.1. The normalized spacial score (nSPS) is 14.8. The zero-order chi connectivity index (χ0) is 23.0. The van der Waals surface area contributed by atoms with Crippen LogP contribution in [0.4, 0.5) is 0 Å². The number of thiazole rings is 1. The van der Waals surface area contributed by atoms with Gasteiger partial charge in [-0.15, -0.1) is 22.7 Å². The second-order valence-electron chi connectivity index (χ2n) is 8.11. The summed E-state index contributed by atoms with van der Waals surface area (Å²) in [5.74, 6) is 1.79. The molecular weight excluding hydrogens is 454 g/mol. The molecule has 0 unspecified atom stereocenters. The van der Waals surface area contributed by atoms with Gasteiger partial charge in [0.15, 0.2) is 11.5 Å². The number of likely N-dealkylation sites (tertiary alicyclic amines) is 1. The minimum atomic E-state index is 0.117. The maximum absolute atomic E-state index is 12.5. The van der Waals surface area contributed by atoms with Crippen LogP contribution in [0.3, 0.4) is 0 Å². The minimum absolute atomic E-state index is 0.117. The summed E-state index contributed by atoms with van der Waals surface area (Å²) < 4.78 is 11.1. The Labute approximate surface area is 203 Å². The lowest BCUT2D eigenvalue weighted by Crippen LogP contribution is -2.40. The van der Waals surface area contributed by atoms with Gasteiger partial charge in [-0.2, -0.15) is 0 Å². The molecule has 0 bridgehead atoms. The largest absolute Gasteiger partial charge is 0.493 e. The van der Waals surface area contributed by atoms with Gasteiger partial charge in [0.25, 0.3) is 0 Å². The van der Waals surface area contributed by atoms with E-state index in [0.29, 0.717) is 6.61 Å². The van der Waals surface area contributed by atoms with Gasteiger partial charge in [0.1, 0.15) is 5.01 Å². The molecule has 176 valence electrons. The first kappa shape index (κ1) is 23.7. The number of carbonyl (C=O) groups excluding carboxylic acids is 1. The van der Waals surface area contributed by atoms with E-state index in [0.717, 1.165) is 73.2 Å². The van der Waals surface area contributed by atoms with Crippen LogP contribution in [0.2, 0.25) is 0 Å². The minimum Gasteiger partial charge on any atom is -0.493 e. The molecule has 1 amide bonds. The first-order valence-electron chi connectivity index (χ1n) is 11.4. The predicted octanol–water partition coefficient (Wildman–Crippen LogP) is 4.85. The lowest BCUT2D eigenvalue weighted by Gasteiger charge is -2.30. The van der Waals surface area contributed by atoms with Crippen LogP contribution in [-0.2, 0) is 17.8 Å². The average Bonchev–Trinajstić information content (AvgIpc) is 3.52. The van der Waals surface area contributed by atoms with E-state index in [1.165, 1.54) is 4.88 Å². The number of aromatic nitrogens is 1. The highest BCUT2D eigenvalue weighted by Gasteiger charge is 2.25. The highest BCUT2D eigenvalue weighted by Crippen LogP contribution is 2.34. The second kappa shape index (κ2) is 11.6. The molecule has 0 atom stereocenters. The van der Waals surface area contributed by atoms with Crippen molar-refractivity contribution < 1.29 is 14.3 Å². The summed E-state index contributed by atoms with van der Waals surface area (Å²) >= 11 is 3.39. The number of nitrogens with one attached hydrogen (secondary N) is 1. The second-order valence-corrected chi connectivity index (χ2v) is 10.0. The number of hydrogen-bond acceptors (Lipinski definition) is 7. The third-order valence-corrected chi connectivity index (χ3v) is 7.73. The first-order chi connectivity index (χ1) is 16.2. The van der Waals surface area contributed by atoms with Crippen molar-refractivity contribution >= 4 is 28.6 Å². The summed E-state index contributed by atoms with van der Waals surface area (Å²) in [7, 11) is 1.66. The molecule has 1 saturated heterocycles. The maximum Gasteiger partial charge on any atom is 0.223 e. The molecule has 3 aromatic rings. The van der Waals surface area contributed by atoms with Crippen LogP contribution in [0.25, 0.3) is 10.6 Å². The summed E-state index contributed by atoms with van der Waals surface area (Å²) in [5.41, 5.74) is 2.10. The van der Waals surface area contributed by atoms with Crippen LogP contribution in [0.1, 0.15) is 30.3 Å². The zero-order valence-corrected chi connectivity index (χ0v) is 20.8. The maximum atomic E-state index is 12.5. The Morgan fingerprint density at radius 2 is 2.06 bits per heavy atom. The number of ether oxygens (including phenoxy) is 2. The number of hydrogen-bond donors (Lipinski definition) is 1. The van der Waals surface area contributed by atoms with E-state index in [-0.39, 0.29) is 11.8 Å². The van der Waals surface area contributed by atoms with Gasteiger partial charge in [0.2, 0.25) is 5.91 Å². The van der Waals surface area contributed by atoms with Crippen LogP contribution >= 0.6 is 22.7 Å². The van der Waals surface area contributed by atoms with Crippen molar-refractivity contribution in [3.05, 3.63) is 51.7 Å². The van der Waals surface area contributed by atoms with Crippen LogP contribution < -0.4 is 14.8 Å². The fourth-order valence-corrected chi connectivity index (χ4v) is 5.59. The molecule has 8 heteroatoms. The summed E-state index contributed by atoms with van der Waals surface area (Å²) in [6, 6.07) is 10.1. The van der Waals surface area contributed by atoms with Crippen LogP contribution in [-0.4, -0.2) is 49.1 Å². The number of nitrogens with zero attached hydrogens (tertiary/aromatic N) is 2. The summed E-state index contributed by atoms with van der Waals surface area (Å²) in [5, 5.41) is 8.30. The van der Waals surface area contributed by atoms with Crippen molar-refractivity contribution in [1.29, 1.82) is 0 Å². The topological polar surface area (TPSA) is 63.7 Å². The van der Waals surface area contributed by atoms with Gasteiger partial charge in [0.05, 0.1) is 19.4 Å². The van der Waals surface area contributed by atoms with Gasteiger partial charge in [-0.25, -0.2) is 4.98 Å². The fraction of sp³-hybridized carbons (Fsp3) is 0.440. The van der Waals surface area contributed by atoms with E-state index < -0.39 is 0 Å². The van der Waals surface area contributed by atoms with Gasteiger partial charge in [-0.1, -0.05) is 6.07 Å². The van der Waals surface area contributed by atoms with E-state index in [1.54, 1.807) is 29.8 Å². The third kappa shape index (κ3) is 6.34. The van der Waals surface area contributed by atoms with Gasteiger partial charge in [-0.05, 0) is 68.9 Å². The van der Waals surface area contributed by atoms with Crippen LogP contribution in [0.15, 0.2) is 41.1 Å². The highest BCUT2D eigenvalue weighted by molar-refractivity contribution is 7.13. The van der Waals surface area contributed by atoms with Crippen molar-refractivity contribution in [2.45, 2.75) is 32.7 Å². The molecule has 3 heterocycles. The molecule has 0 radical (unpaired) electrons. The molecule has 33 heavy (non-hydrogen) atoms. The number of carbonyl (C=O) groups is 1. The average molecular weight is 486 g/mol. The quantitative estimate of drug-likeness (QED) is 0.445. The van der Waals surface area contributed by atoms with Gasteiger partial charge < -0.3 is 14.8 Å².